The van der Waals surface area contributed by atoms with Gasteiger partial charge in [-0.05, 0) is 61.6 Å². The van der Waals surface area contributed by atoms with Gasteiger partial charge in [-0.2, -0.15) is 41.3 Å². The molecule has 2 amide bonds. The van der Waals surface area contributed by atoms with E-state index in [4.69, 9.17) is 16.3 Å². The Morgan fingerprint density at radius 1 is 0.935 bits per heavy atom. The number of amides is 2. The molecular formula is C26H26ClF6N7O5S. The van der Waals surface area contributed by atoms with Gasteiger partial charge in [0.05, 0.1) is 11.3 Å². The fourth-order valence-electron chi connectivity index (χ4n) is 4.21. The molecule has 12 nitrogen and oxygen atoms in total. The first-order valence-corrected chi connectivity index (χ1v) is 15.5. The smallest absolute Gasteiger partial charge is 0.422 e. The highest BCUT2D eigenvalue weighted by Crippen LogP contribution is 2.48. The number of carbonyl (C=O) groups excluding carboxylic acids is 2. The van der Waals surface area contributed by atoms with E-state index in [0.717, 1.165) is 18.4 Å². The van der Waals surface area contributed by atoms with Gasteiger partial charge in [-0.25, -0.2) is 13.1 Å². The van der Waals surface area contributed by atoms with Gasteiger partial charge in [0.25, 0.3) is 5.91 Å². The Kier molecular flexibility index (Phi) is 10.3. The first kappa shape index (κ1) is 34.7. The van der Waals surface area contributed by atoms with Gasteiger partial charge in [0.1, 0.15) is 6.42 Å². The van der Waals surface area contributed by atoms with E-state index in [1.165, 1.54) is 24.3 Å². The van der Waals surface area contributed by atoms with Crippen LogP contribution in [-0.2, 0) is 14.8 Å². The number of rotatable bonds is 13. The third-order valence-corrected chi connectivity index (χ3v) is 8.05. The van der Waals surface area contributed by atoms with Gasteiger partial charge in [0.2, 0.25) is 27.8 Å². The van der Waals surface area contributed by atoms with E-state index in [1.807, 2.05) is 6.08 Å². The summed E-state index contributed by atoms with van der Waals surface area (Å²) in [5.74, 6) is -3.60. The monoisotopic (exact) mass is 697 g/mol. The summed E-state index contributed by atoms with van der Waals surface area (Å²) >= 11 is 6.06. The SMILES string of the molecule is O=C(CC(F)(F)F)NCCS(=O)(=O)NC(=O)c1ccc(Nc2nc(NC3(C4=CC=C(Cl)CC4)CC3)nc(OCC(F)(F)F)n2)cc1. The molecule has 0 spiro atoms. The van der Waals surface area contributed by atoms with E-state index >= 15 is 0 Å². The van der Waals surface area contributed by atoms with Gasteiger partial charge in [-0.1, -0.05) is 17.7 Å². The van der Waals surface area contributed by atoms with Crippen molar-refractivity contribution >= 4 is 51.0 Å². The molecule has 1 saturated carbocycles. The van der Waals surface area contributed by atoms with Gasteiger partial charge in [-0.15, -0.1) is 0 Å². The molecule has 20 heteroatoms. The zero-order valence-corrected chi connectivity index (χ0v) is 25.1. The number of nitrogens with one attached hydrogen (secondary N) is 4. The standard InChI is InChI=1S/C26H26ClF6N7O5S/c27-17-5-3-16(4-6-17)24(9-10-24)39-22-36-21(37-23(38-22)45-14-26(31,32)33)35-18-7-1-15(2-8-18)20(42)40-46(43,44)12-11-34-19(41)13-25(28,29)30/h1-3,5,7-8H,4,6,9-14H2,(H,34,41)(H,40,42)(H2,35,36,37,38,39). The Morgan fingerprint density at radius 2 is 1.61 bits per heavy atom. The van der Waals surface area contributed by atoms with Crippen molar-refractivity contribution in [2.45, 2.75) is 50.0 Å². The van der Waals surface area contributed by atoms with Crippen molar-refractivity contribution in [2.75, 3.05) is 29.5 Å². The average Bonchev–Trinajstić information content (AvgIpc) is 3.71. The first-order chi connectivity index (χ1) is 21.4. The second-order valence-corrected chi connectivity index (χ2v) is 12.6. The highest BCUT2D eigenvalue weighted by Gasteiger charge is 2.46. The lowest BCUT2D eigenvalue weighted by atomic mass is 9.96. The molecule has 1 aromatic carbocycles. The quantitative estimate of drug-likeness (QED) is 0.220. The Labute approximate surface area is 263 Å². The highest BCUT2D eigenvalue weighted by molar-refractivity contribution is 7.90. The minimum atomic E-state index is -4.76. The number of hydrogen-bond acceptors (Lipinski definition) is 10. The van der Waals surface area contributed by atoms with Crippen molar-refractivity contribution < 1.29 is 49.1 Å². The molecule has 1 fully saturated rings. The van der Waals surface area contributed by atoms with Gasteiger partial charge >= 0.3 is 18.4 Å². The van der Waals surface area contributed by atoms with E-state index in [-0.39, 0.29) is 23.1 Å². The lowest BCUT2D eigenvalue weighted by Crippen LogP contribution is -2.38. The molecule has 0 radical (unpaired) electrons. The second-order valence-electron chi connectivity index (χ2n) is 10.3. The lowest BCUT2D eigenvalue weighted by molar-refractivity contribution is -0.155. The van der Waals surface area contributed by atoms with Crippen LogP contribution in [0.25, 0.3) is 0 Å². The number of nitrogens with zero attached hydrogens (tertiary/aromatic N) is 3. The van der Waals surface area contributed by atoms with Crippen molar-refractivity contribution in [2.24, 2.45) is 0 Å². The number of hydrogen-bond donors (Lipinski definition) is 4. The average molecular weight is 698 g/mol. The summed E-state index contributed by atoms with van der Waals surface area (Å²) in [6.07, 6.45) is -4.77. The molecule has 0 saturated heterocycles. The number of sulfonamides is 1. The van der Waals surface area contributed by atoms with Crippen LogP contribution in [-0.4, -0.2) is 72.0 Å². The number of aromatic nitrogens is 3. The number of halogens is 7. The van der Waals surface area contributed by atoms with Crippen LogP contribution < -0.4 is 25.4 Å². The molecule has 0 aliphatic heterocycles. The molecule has 46 heavy (non-hydrogen) atoms. The second kappa shape index (κ2) is 13.7. The molecule has 1 heterocycles. The van der Waals surface area contributed by atoms with Crippen LogP contribution in [0.5, 0.6) is 6.01 Å². The summed E-state index contributed by atoms with van der Waals surface area (Å²) in [4.78, 5) is 35.8. The minimum absolute atomic E-state index is 0.0514. The molecule has 250 valence electrons. The van der Waals surface area contributed by atoms with Crippen LogP contribution in [0.2, 0.25) is 0 Å². The van der Waals surface area contributed by atoms with Crippen molar-refractivity contribution in [1.29, 1.82) is 0 Å². The fraction of sp³-hybridized carbons (Fsp3) is 0.423. The van der Waals surface area contributed by atoms with Crippen molar-refractivity contribution in [3.8, 4) is 6.01 Å². The summed E-state index contributed by atoms with van der Waals surface area (Å²) in [5, 5.41) is 8.44. The third-order valence-electron chi connectivity index (χ3n) is 6.50. The van der Waals surface area contributed by atoms with Crippen LogP contribution >= 0.6 is 11.6 Å². The molecule has 2 aliphatic carbocycles. The van der Waals surface area contributed by atoms with Gasteiger partial charge < -0.3 is 20.7 Å². The Balaban J connectivity index is 1.41. The van der Waals surface area contributed by atoms with E-state index < -0.39 is 71.1 Å². The Hall–Kier alpha value is -4.13. The van der Waals surface area contributed by atoms with Crippen molar-refractivity contribution in [3.63, 3.8) is 0 Å². The van der Waals surface area contributed by atoms with Gasteiger partial charge in [-0.3, -0.25) is 9.59 Å². The van der Waals surface area contributed by atoms with Crippen molar-refractivity contribution in [1.82, 2.24) is 25.0 Å². The molecule has 0 unspecified atom stereocenters. The number of alkyl halides is 6. The largest absolute Gasteiger partial charge is 0.454 e. The first-order valence-electron chi connectivity index (χ1n) is 13.5. The van der Waals surface area contributed by atoms with Crippen LogP contribution in [0.3, 0.4) is 0 Å². The molecule has 4 N–H and O–H groups in total. The molecule has 1 aromatic heterocycles. The van der Waals surface area contributed by atoms with Crippen LogP contribution in [0.4, 0.5) is 43.9 Å². The Morgan fingerprint density at radius 3 is 2.20 bits per heavy atom. The normalized spacial score (nSPS) is 16.1. The fourth-order valence-corrected chi connectivity index (χ4v) is 5.24. The molecule has 2 aromatic rings. The van der Waals surface area contributed by atoms with E-state index in [2.05, 4.69) is 25.6 Å². The van der Waals surface area contributed by atoms with E-state index in [0.29, 0.717) is 17.9 Å². The summed E-state index contributed by atoms with van der Waals surface area (Å²) in [7, 11) is -4.33. The summed E-state index contributed by atoms with van der Waals surface area (Å²) in [6, 6.07) is 4.49. The van der Waals surface area contributed by atoms with E-state index in [9.17, 15) is 44.3 Å². The lowest BCUT2D eigenvalue weighted by Gasteiger charge is -2.23. The number of allylic oxidation sites excluding steroid dienone is 3. The van der Waals surface area contributed by atoms with Crippen molar-refractivity contribution in [3.05, 3.63) is 52.6 Å². The van der Waals surface area contributed by atoms with Gasteiger partial charge in [0.15, 0.2) is 6.61 Å². The summed E-state index contributed by atoms with van der Waals surface area (Å²) in [5.41, 5.74) is 0.652. The number of ether oxygens (including phenoxy) is 1. The highest BCUT2D eigenvalue weighted by atomic mass is 35.5. The predicted molar refractivity (Wildman–Crippen MR) is 153 cm³/mol. The zero-order chi connectivity index (χ0) is 33.8. The molecular weight excluding hydrogens is 672 g/mol. The predicted octanol–water partition coefficient (Wildman–Crippen LogP) is 4.47. The molecule has 0 bridgehead atoms. The van der Waals surface area contributed by atoms with Crippen LogP contribution in [0, 0.1) is 0 Å². The van der Waals surface area contributed by atoms with Crippen LogP contribution in [0.15, 0.2) is 47.0 Å². The van der Waals surface area contributed by atoms with Gasteiger partial charge in [0, 0.05) is 22.8 Å². The number of anilines is 3. The number of benzene rings is 1. The molecule has 0 atom stereocenters. The van der Waals surface area contributed by atoms with E-state index in [1.54, 1.807) is 16.1 Å². The number of carbonyl (C=O) groups is 2. The maximum Gasteiger partial charge on any atom is 0.422 e. The molecule has 4 rings (SSSR count). The minimum Gasteiger partial charge on any atom is -0.454 e. The topological polar surface area (TPSA) is 164 Å². The zero-order valence-electron chi connectivity index (χ0n) is 23.6. The molecule has 2 aliphatic rings. The summed E-state index contributed by atoms with van der Waals surface area (Å²) in [6.45, 7) is -2.32. The van der Waals surface area contributed by atoms with Crippen LogP contribution in [0.1, 0.15) is 42.5 Å². The summed E-state index contributed by atoms with van der Waals surface area (Å²) < 4.78 is 106. The third kappa shape index (κ3) is 10.7. The maximum atomic E-state index is 12.8. The Bertz CT molecular complexity index is 1630. The maximum absolute atomic E-state index is 12.8.